The highest BCUT2D eigenvalue weighted by Crippen LogP contribution is 2.25. The van der Waals surface area contributed by atoms with Crippen molar-refractivity contribution in [3.05, 3.63) is 88.3 Å². The third kappa shape index (κ3) is 4.14. The Balaban J connectivity index is 2.53. The molecule has 2 aromatic rings. The molecule has 0 saturated carbocycles. The first-order chi connectivity index (χ1) is 11.2. The van der Waals surface area contributed by atoms with Crippen LogP contribution in [0.5, 0.6) is 0 Å². The van der Waals surface area contributed by atoms with Crippen molar-refractivity contribution in [2.45, 2.75) is 40.0 Å². The van der Waals surface area contributed by atoms with Crippen LogP contribution in [-0.2, 0) is 5.41 Å². The second kappa shape index (κ2) is 7.05. The summed E-state index contributed by atoms with van der Waals surface area (Å²) in [5.41, 5.74) is 6.21. The fourth-order valence-electron chi connectivity index (χ4n) is 2.75. The third-order valence-electron chi connectivity index (χ3n) is 4.33. The fourth-order valence-corrected chi connectivity index (χ4v) is 2.75. The van der Waals surface area contributed by atoms with Gasteiger partial charge in [0, 0.05) is 0 Å². The van der Waals surface area contributed by atoms with Crippen molar-refractivity contribution < 1.29 is 0 Å². The van der Waals surface area contributed by atoms with E-state index in [1.807, 2.05) is 25.1 Å². The number of benzene rings is 2. The summed E-state index contributed by atoms with van der Waals surface area (Å²) in [6.45, 7) is 19.2. The van der Waals surface area contributed by atoms with E-state index in [0.717, 1.165) is 21.6 Å². The lowest BCUT2D eigenvalue weighted by Crippen LogP contribution is -2.24. The maximum absolute atomic E-state index is 4.16. The quantitative estimate of drug-likeness (QED) is 0.728. The maximum atomic E-state index is 4.16. The molecule has 124 valence electrons. The van der Waals surface area contributed by atoms with Crippen LogP contribution < -0.4 is 10.4 Å². The highest BCUT2D eigenvalue weighted by molar-refractivity contribution is 5.81. The van der Waals surface area contributed by atoms with Gasteiger partial charge in [-0.15, -0.1) is 0 Å². The highest BCUT2D eigenvalue weighted by atomic mass is 14.2. The van der Waals surface area contributed by atoms with Gasteiger partial charge in [-0.3, -0.25) is 0 Å². The Hall–Kier alpha value is -2.34. The minimum atomic E-state index is 0.179. The fraction of sp³-hybridized carbons (Fsp3) is 0.250. The van der Waals surface area contributed by atoms with Crippen molar-refractivity contribution in [1.29, 1.82) is 0 Å². The average Bonchev–Trinajstić information content (AvgIpc) is 2.52. The molecular weight excluding hydrogens is 288 g/mol. The van der Waals surface area contributed by atoms with E-state index in [9.17, 15) is 0 Å². The second-order valence-corrected chi connectivity index (χ2v) is 7.51. The standard InChI is InChI=1S/C24H28/c1-17(2)23(22-11-9-8-10-18(22)3)16-19(4)20-12-14-21(15-13-20)24(5,6)7/h8-16H,1,3H2,2,4-7H3/b19-16+,23-22+. The Kier molecular flexibility index (Phi) is 5.29. The molecule has 0 radical (unpaired) electrons. The minimum absolute atomic E-state index is 0.179. The summed E-state index contributed by atoms with van der Waals surface area (Å²) in [4.78, 5) is 0. The molecule has 0 aliphatic heterocycles. The maximum Gasteiger partial charge on any atom is -0.0115 e. The molecule has 0 unspecified atom stereocenters. The van der Waals surface area contributed by atoms with Crippen LogP contribution in [0.4, 0.5) is 0 Å². The summed E-state index contributed by atoms with van der Waals surface area (Å²) in [6, 6.07) is 17.1. The lowest BCUT2D eigenvalue weighted by molar-refractivity contribution is 0.590. The van der Waals surface area contributed by atoms with Crippen molar-refractivity contribution in [2.75, 3.05) is 0 Å². The molecule has 2 rings (SSSR count). The van der Waals surface area contributed by atoms with E-state index in [2.05, 4.69) is 77.3 Å². The van der Waals surface area contributed by atoms with Gasteiger partial charge in [-0.2, -0.15) is 0 Å². The molecule has 0 amide bonds. The van der Waals surface area contributed by atoms with Gasteiger partial charge in [-0.1, -0.05) is 94.1 Å². The molecule has 0 N–H and O–H groups in total. The number of rotatable bonds is 3. The van der Waals surface area contributed by atoms with E-state index in [4.69, 9.17) is 0 Å². The van der Waals surface area contributed by atoms with Gasteiger partial charge in [-0.05, 0) is 52.0 Å². The molecule has 0 fully saturated rings. The second-order valence-electron chi connectivity index (χ2n) is 7.51. The lowest BCUT2D eigenvalue weighted by Gasteiger charge is -2.19. The van der Waals surface area contributed by atoms with E-state index in [0.29, 0.717) is 0 Å². The molecule has 0 heteroatoms. The van der Waals surface area contributed by atoms with E-state index >= 15 is 0 Å². The van der Waals surface area contributed by atoms with Crippen LogP contribution in [-0.4, -0.2) is 0 Å². The van der Waals surface area contributed by atoms with Gasteiger partial charge in [0.1, 0.15) is 0 Å². The van der Waals surface area contributed by atoms with Gasteiger partial charge >= 0.3 is 0 Å². The highest BCUT2D eigenvalue weighted by Gasteiger charge is 2.13. The molecule has 0 atom stereocenters. The molecule has 0 aliphatic carbocycles. The lowest BCUT2D eigenvalue weighted by atomic mass is 9.86. The number of hydrogen-bond acceptors (Lipinski definition) is 0. The molecule has 0 bridgehead atoms. The van der Waals surface area contributed by atoms with E-state index in [1.165, 1.54) is 16.7 Å². The van der Waals surface area contributed by atoms with Crippen LogP contribution in [0.1, 0.15) is 45.7 Å². The van der Waals surface area contributed by atoms with Gasteiger partial charge in [0.05, 0.1) is 0 Å². The van der Waals surface area contributed by atoms with Crippen LogP contribution in [0, 0.1) is 0 Å². The zero-order valence-electron chi connectivity index (χ0n) is 15.6. The summed E-state index contributed by atoms with van der Waals surface area (Å²) in [7, 11) is 0. The SMILES string of the molecule is C=C(C)C(/C=C(\C)c1ccc(C(C)(C)C)cc1)=c1\ccccc1=C. The first-order valence-electron chi connectivity index (χ1n) is 8.43. The molecule has 0 aromatic heterocycles. The summed E-state index contributed by atoms with van der Waals surface area (Å²) in [5, 5.41) is 2.18. The minimum Gasteiger partial charge on any atom is -0.0955 e. The Bertz CT molecular complexity index is 869. The number of allylic oxidation sites excluding steroid dienone is 3. The molecule has 0 aliphatic rings. The van der Waals surface area contributed by atoms with Crippen molar-refractivity contribution >= 4 is 17.7 Å². The Morgan fingerprint density at radius 3 is 2.00 bits per heavy atom. The molecule has 0 spiro atoms. The monoisotopic (exact) mass is 316 g/mol. The Morgan fingerprint density at radius 1 is 0.917 bits per heavy atom. The smallest absolute Gasteiger partial charge is 0.0115 e. The van der Waals surface area contributed by atoms with Crippen LogP contribution in [0.25, 0.3) is 17.7 Å². The van der Waals surface area contributed by atoms with Crippen LogP contribution in [0.3, 0.4) is 0 Å². The molecule has 2 aromatic carbocycles. The first kappa shape index (κ1) is 18.0. The van der Waals surface area contributed by atoms with Gasteiger partial charge < -0.3 is 0 Å². The van der Waals surface area contributed by atoms with Crippen LogP contribution in [0.15, 0.2) is 66.8 Å². The van der Waals surface area contributed by atoms with Gasteiger partial charge in [0.2, 0.25) is 0 Å². The first-order valence-corrected chi connectivity index (χ1v) is 8.43. The van der Waals surface area contributed by atoms with Crippen molar-refractivity contribution in [1.82, 2.24) is 0 Å². The molecule has 0 nitrogen and oxygen atoms in total. The average molecular weight is 316 g/mol. The Morgan fingerprint density at radius 2 is 1.50 bits per heavy atom. The summed E-state index contributed by atoms with van der Waals surface area (Å²) in [5.74, 6) is 0. The molecule has 24 heavy (non-hydrogen) atoms. The molecule has 0 saturated heterocycles. The van der Waals surface area contributed by atoms with Crippen molar-refractivity contribution in [3.63, 3.8) is 0 Å². The topological polar surface area (TPSA) is 0 Å². The summed E-state index contributed by atoms with van der Waals surface area (Å²) < 4.78 is 0. The normalized spacial score (nSPS) is 13.6. The number of hydrogen-bond donors (Lipinski definition) is 0. The van der Waals surface area contributed by atoms with E-state index in [1.54, 1.807) is 0 Å². The van der Waals surface area contributed by atoms with E-state index in [-0.39, 0.29) is 5.41 Å². The summed E-state index contributed by atoms with van der Waals surface area (Å²) >= 11 is 0. The zero-order chi connectivity index (χ0) is 17.9. The predicted molar refractivity (Wildman–Crippen MR) is 108 cm³/mol. The van der Waals surface area contributed by atoms with E-state index < -0.39 is 0 Å². The van der Waals surface area contributed by atoms with Crippen molar-refractivity contribution in [2.24, 2.45) is 0 Å². The Labute approximate surface area is 146 Å². The summed E-state index contributed by atoms with van der Waals surface area (Å²) in [6.07, 6.45) is 2.22. The van der Waals surface area contributed by atoms with Gasteiger partial charge in [0.25, 0.3) is 0 Å². The zero-order valence-corrected chi connectivity index (χ0v) is 15.6. The van der Waals surface area contributed by atoms with Crippen LogP contribution in [0.2, 0.25) is 0 Å². The molecular formula is C24H28. The largest absolute Gasteiger partial charge is 0.0955 e. The van der Waals surface area contributed by atoms with Crippen molar-refractivity contribution in [3.8, 4) is 0 Å². The van der Waals surface area contributed by atoms with Gasteiger partial charge in [-0.25, -0.2) is 0 Å². The van der Waals surface area contributed by atoms with Gasteiger partial charge in [0.15, 0.2) is 0 Å². The predicted octanol–water partition coefficient (Wildman–Crippen LogP) is 5.22. The molecule has 0 heterocycles. The van der Waals surface area contributed by atoms with Crippen LogP contribution >= 0.6 is 0 Å². The third-order valence-corrected chi connectivity index (χ3v) is 4.33.